The van der Waals surface area contributed by atoms with Gasteiger partial charge >= 0.3 is 0 Å². The van der Waals surface area contributed by atoms with Gasteiger partial charge < -0.3 is 4.90 Å². The van der Waals surface area contributed by atoms with Crippen molar-refractivity contribution in [1.82, 2.24) is 9.21 Å². The molecule has 1 aliphatic rings. The van der Waals surface area contributed by atoms with E-state index < -0.39 is 10.0 Å². The van der Waals surface area contributed by atoms with Gasteiger partial charge in [-0.3, -0.25) is 4.79 Å². The second kappa shape index (κ2) is 10.4. The van der Waals surface area contributed by atoms with Crippen LogP contribution >= 0.6 is 46.1 Å². The molecular formula is C24H21Cl3N2O3S2. The smallest absolute Gasteiger partial charge is 0.245 e. The van der Waals surface area contributed by atoms with Crippen LogP contribution in [0.25, 0.3) is 0 Å². The van der Waals surface area contributed by atoms with Crippen LogP contribution in [0.3, 0.4) is 0 Å². The number of rotatable bonds is 7. The Morgan fingerprint density at radius 3 is 2.53 bits per heavy atom. The van der Waals surface area contributed by atoms with E-state index >= 15 is 0 Å². The first-order valence-corrected chi connectivity index (χ1v) is 13.8. The summed E-state index contributed by atoms with van der Waals surface area (Å²) in [6.45, 7) is 3.72. The average Bonchev–Trinajstić information content (AvgIpc) is 3.29. The third-order valence-electron chi connectivity index (χ3n) is 5.63. The zero-order valence-electron chi connectivity index (χ0n) is 18.0. The maximum absolute atomic E-state index is 13.6. The summed E-state index contributed by atoms with van der Waals surface area (Å²) in [6, 6.07) is 13.3. The maximum Gasteiger partial charge on any atom is 0.245 e. The van der Waals surface area contributed by atoms with E-state index in [0.717, 1.165) is 15.4 Å². The summed E-state index contributed by atoms with van der Waals surface area (Å²) in [5.41, 5.74) is 1.95. The fraction of sp³-hybridized carbons (Fsp3) is 0.208. The quantitative estimate of drug-likeness (QED) is 0.333. The van der Waals surface area contributed by atoms with E-state index in [9.17, 15) is 13.2 Å². The van der Waals surface area contributed by atoms with Crippen LogP contribution in [-0.4, -0.2) is 43.2 Å². The molecule has 2 heterocycles. The highest BCUT2D eigenvalue weighted by Gasteiger charge is 2.36. The molecule has 1 amide bonds. The zero-order chi connectivity index (χ0) is 24.5. The molecule has 2 aromatic carbocycles. The zero-order valence-corrected chi connectivity index (χ0v) is 21.9. The molecule has 178 valence electrons. The SMILES string of the molecule is C=CCN(CC(=O)N1CCc2sccc2[C@@H]1c1ccc(Cl)cc1)S(=O)(=O)c1cc(Cl)ccc1Cl. The van der Waals surface area contributed by atoms with Crippen molar-refractivity contribution in [1.29, 1.82) is 0 Å². The minimum absolute atomic E-state index is 0.0332. The van der Waals surface area contributed by atoms with Crippen LogP contribution in [0.2, 0.25) is 15.1 Å². The predicted octanol–water partition coefficient (Wildman–Crippen LogP) is 6.06. The van der Waals surface area contributed by atoms with Crippen molar-refractivity contribution in [3.63, 3.8) is 0 Å². The predicted molar refractivity (Wildman–Crippen MR) is 138 cm³/mol. The molecule has 1 aliphatic heterocycles. The number of thiophene rings is 1. The standard InChI is InChI=1S/C24H21Cl3N2O3S2/c1-2-11-28(34(31,32)22-14-18(26)7-8-20(22)27)15-23(30)29-12-9-21-19(10-13-33-21)24(29)16-3-5-17(25)6-4-16/h2-8,10,13-14,24H,1,9,11-12,15H2/t24-/m0/s1. The van der Waals surface area contributed by atoms with Gasteiger partial charge in [-0.05, 0) is 59.3 Å². The second-order valence-electron chi connectivity index (χ2n) is 7.75. The van der Waals surface area contributed by atoms with E-state index in [4.69, 9.17) is 34.8 Å². The highest BCUT2D eigenvalue weighted by Crippen LogP contribution is 2.38. The van der Waals surface area contributed by atoms with Gasteiger partial charge in [-0.25, -0.2) is 8.42 Å². The highest BCUT2D eigenvalue weighted by molar-refractivity contribution is 7.89. The summed E-state index contributed by atoms with van der Waals surface area (Å²) < 4.78 is 27.9. The summed E-state index contributed by atoms with van der Waals surface area (Å²) in [7, 11) is -4.10. The topological polar surface area (TPSA) is 57.7 Å². The van der Waals surface area contributed by atoms with Crippen LogP contribution in [0.5, 0.6) is 0 Å². The molecule has 0 saturated carbocycles. The summed E-state index contributed by atoms with van der Waals surface area (Å²) in [4.78, 5) is 16.4. The van der Waals surface area contributed by atoms with Crippen molar-refractivity contribution in [2.45, 2.75) is 17.4 Å². The Balaban J connectivity index is 1.68. The van der Waals surface area contributed by atoms with Crippen molar-refractivity contribution in [2.75, 3.05) is 19.6 Å². The van der Waals surface area contributed by atoms with E-state index in [2.05, 4.69) is 6.58 Å². The third kappa shape index (κ3) is 5.05. The monoisotopic (exact) mass is 554 g/mol. The summed E-state index contributed by atoms with van der Waals surface area (Å²) >= 11 is 19.9. The molecule has 3 aromatic rings. The largest absolute Gasteiger partial charge is 0.330 e. The number of nitrogens with zero attached hydrogens (tertiary/aromatic N) is 2. The summed E-state index contributed by atoms with van der Waals surface area (Å²) in [5.74, 6) is -0.319. The van der Waals surface area contributed by atoms with Gasteiger partial charge in [-0.1, -0.05) is 53.0 Å². The molecule has 0 bridgehead atoms. The van der Waals surface area contributed by atoms with Crippen LogP contribution < -0.4 is 0 Å². The maximum atomic E-state index is 13.6. The molecule has 10 heteroatoms. The van der Waals surface area contributed by atoms with E-state index in [1.807, 2.05) is 23.6 Å². The molecule has 0 saturated heterocycles. The Morgan fingerprint density at radius 2 is 1.82 bits per heavy atom. The van der Waals surface area contributed by atoms with Crippen molar-refractivity contribution in [3.8, 4) is 0 Å². The molecule has 4 rings (SSSR count). The average molecular weight is 556 g/mol. The van der Waals surface area contributed by atoms with E-state index in [1.165, 1.54) is 29.2 Å². The first-order valence-electron chi connectivity index (χ1n) is 10.4. The number of fused-ring (bicyclic) bond motifs is 1. The van der Waals surface area contributed by atoms with Gasteiger partial charge in [0.05, 0.1) is 17.6 Å². The molecular weight excluding hydrogens is 535 g/mol. The Hall–Kier alpha value is -1.87. The lowest BCUT2D eigenvalue weighted by Crippen LogP contribution is -2.46. The number of carbonyl (C=O) groups is 1. The molecule has 0 radical (unpaired) electrons. The molecule has 1 atom stereocenters. The first kappa shape index (κ1) is 25.2. The van der Waals surface area contributed by atoms with Gasteiger partial charge in [0.1, 0.15) is 4.90 Å². The van der Waals surface area contributed by atoms with Crippen LogP contribution in [0, 0.1) is 0 Å². The lowest BCUT2D eigenvalue weighted by molar-refractivity contribution is -0.133. The number of hydrogen-bond donors (Lipinski definition) is 0. The van der Waals surface area contributed by atoms with Crippen LogP contribution in [-0.2, 0) is 21.2 Å². The summed E-state index contributed by atoms with van der Waals surface area (Å²) in [6.07, 6.45) is 2.14. The summed E-state index contributed by atoms with van der Waals surface area (Å²) in [5, 5.41) is 2.88. The molecule has 5 nitrogen and oxygen atoms in total. The number of carbonyl (C=O) groups excluding carboxylic acids is 1. The number of benzene rings is 2. The van der Waals surface area contributed by atoms with E-state index in [-0.39, 0.29) is 40.0 Å². The Kier molecular flexibility index (Phi) is 7.72. The Labute approximate surface area is 218 Å². The molecule has 1 aromatic heterocycles. The first-order chi connectivity index (χ1) is 16.2. The number of amides is 1. The molecule has 34 heavy (non-hydrogen) atoms. The van der Waals surface area contributed by atoms with Gasteiger partial charge in [-0.15, -0.1) is 17.9 Å². The molecule has 0 aliphatic carbocycles. The van der Waals surface area contributed by atoms with Gasteiger partial charge in [-0.2, -0.15) is 4.31 Å². The van der Waals surface area contributed by atoms with Crippen LogP contribution in [0.1, 0.15) is 22.0 Å². The minimum atomic E-state index is -4.10. The third-order valence-corrected chi connectivity index (χ3v) is 9.40. The van der Waals surface area contributed by atoms with Gasteiger partial charge in [0.25, 0.3) is 0 Å². The molecule has 0 N–H and O–H groups in total. The van der Waals surface area contributed by atoms with Gasteiger partial charge in [0.15, 0.2) is 0 Å². The van der Waals surface area contributed by atoms with E-state index in [0.29, 0.717) is 18.0 Å². The second-order valence-corrected chi connectivity index (χ2v) is 11.9. The lowest BCUT2D eigenvalue weighted by atomic mass is 9.93. The van der Waals surface area contributed by atoms with Crippen molar-refractivity contribution >= 4 is 62.1 Å². The van der Waals surface area contributed by atoms with Crippen molar-refractivity contribution < 1.29 is 13.2 Å². The number of hydrogen-bond acceptors (Lipinski definition) is 4. The Bertz CT molecular complexity index is 1320. The van der Waals surface area contributed by atoms with Crippen LogP contribution in [0.15, 0.2) is 71.5 Å². The minimum Gasteiger partial charge on any atom is -0.330 e. The molecule has 0 unspecified atom stereocenters. The lowest BCUT2D eigenvalue weighted by Gasteiger charge is -2.37. The van der Waals surface area contributed by atoms with Gasteiger partial charge in [0.2, 0.25) is 15.9 Å². The molecule has 0 spiro atoms. The fourth-order valence-corrected chi connectivity index (χ4v) is 7.16. The fourth-order valence-electron chi connectivity index (χ4n) is 4.04. The van der Waals surface area contributed by atoms with Crippen molar-refractivity contribution in [3.05, 3.63) is 97.6 Å². The normalized spacial score (nSPS) is 15.9. The molecule has 0 fully saturated rings. The highest BCUT2D eigenvalue weighted by atomic mass is 35.5. The number of sulfonamides is 1. The van der Waals surface area contributed by atoms with Crippen LogP contribution in [0.4, 0.5) is 0 Å². The van der Waals surface area contributed by atoms with Crippen molar-refractivity contribution in [2.24, 2.45) is 0 Å². The van der Waals surface area contributed by atoms with Gasteiger partial charge in [0, 0.05) is 28.0 Å². The number of halogens is 3. The Morgan fingerprint density at radius 1 is 1.12 bits per heavy atom. The van der Waals surface area contributed by atoms with E-state index in [1.54, 1.807) is 28.4 Å².